The van der Waals surface area contributed by atoms with Crippen molar-refractivity contribution in [2.45, 2.75) is 13.3 Å². The highest BCUT2D eigenvalue weighted by molar-refractivity contribution is 6.05. The van der Waals surface area contributed by atoms with Crippen LogP contribution in [0.4, 0.5) is 20.6 Å². The van der Waals surface area contributed by atoms with Gasteiger partial charge in [0.15, 0.2) is 11.4 Å². The normalized spacial score (nSPS) is 12.7. The van der Waals surface area contributed by atoms with Gasteiger partial charge >= 0.3 is 6.03 Å². The van der Waals surface area contributed by atoms with Gasteiger partial charge in [0, 0.05) is 17.9 Å². The van der Waals surface area contributed by atoms with Gasteiger partial charge in [0.05, 0.1) is 11.9 Å². The Morgan fingerprint density at radius 2 is 1.97 bits per heavy atom. The lowest BCUT2D eigenvalue weighted by atomic mass is 10.1. The summed E-state index contributed by atoms with van der Waals surface area (Å²) in [5, 5.41) is 17.0. The van der Waals surface area contributed by atoms with E-state index in [-0.39, 0.29) is 17.3 Å². The number of carbonyl (C=O) groups excluding carboxylic acids is 2. The number of nitrogens with one attached hydrogen (secondary N) is 1. The zero-order valence-electron chi connectivity index (χ0n) is 15.5. The van der Waals surface area contributed by atoms with Crippen molar-refractivity contribution in [2.75, 3.05) is 16.8 Å². The molecule has 3 aromatic rings. The zero-order chi connectivity index (χ0) is 20.7. The number of rotatable bonds is 3. The van der Waals surface area contributed by atoms with Crippen molar-refractivity contribution in [3.05, 3.63) is 65.2 Å². The van der Waals surface area contributed by atoms with Crippen molar-refractivity contribution < 1.29 is 19.1 Å². The van der Waals surface area contributed by atoms with E-state index in [1.54, 1.807) is 25.1 Å². The molecule has 8 nitrogen and oxygen atoms in total. The van der Waals surface area contributed by atoms with Crippen molar-refractivity contribution in [3.8, 4) is 11.4 Å². The standard InChI is InChI=1S/C20H18FN5O3/c1-11-8-13(21)2-4-15(11)26-10-17(27)18(24-26)19(28)23-14-3-5-16-12(9-14)6-7-25(16)20(22)29/h2-5,8-10,27H,6-7H2,1H3,(H2,22,29)(H,23,28). The molecule has 3 amide bonds. The predicted octanol–water partition coefficient (Wildman–Crippen LogP) is 2.72. The molecule has 4 N–H and O–H groups in total. The van der Waals surface area contributed by atoms with Crippen LogP contribution in [0.5, 0.6) is 5.75 Å². The van der Waals surface area contributed by atoms with Crippen LogP contribution in [-0.4, -0.2) is 33.4 Å². The van der Waals surface area contributed by atoms with Gasteiger partial charge in [-0.15, -0.1) is 0 Å². The maximum absolute atomic E-state index is 13.3. The topological polar surface area (TPSA) is 113 Å². The van der Waals surface area contributed by atoms with Crippen LogP contribution >= 0.6 is 0 Å². The molecule has 0 aliphatic carbocycles. The van der Waals surface area contributed by atoms with E-state index in [1.807, 2.05) is 0 Å². The number of nitrogens with zero attached hydrogens (tertiary/aromatic N) is 3. The van der Waals surface area contributed by atoms with Crippen molar-refractivity contribution in [1.82, 2.24) is 9.78 Å². The van der Waals surface area contributed by atoms with Gasteiger partial charge in [-0.25, -0.2) is 13.9 Å². The highest BCUT2D eigenvalue weighted by Gasteiger charge is 2.24. The van der Waals surface area contributed by atoms with Gasteiger partial charge in [0.2, 0.25) is 0 Å². The Labute approximate surface area is 165 Å². The quantitative estimate of drug-likeness (QED) is 0.633. The molecule has 1 aromatic heterocycles. The van der Waals surface area contributed by atoms with Crippen LogP contribution in [0, 0.1) is 12.7 Å². The molecule has 0 atom stereocenters. The lowest BCUT2D eigenvalue weighted by molar-refractivity contribution is 0.101. The van der Waals surface area contributed by atoms with Gasteiger partial charge in [-0.3, -0.25) is 9.69 Å². The average Bonchev–Trinajstić information content (AvgIpc) is 3.25. The molecule has 0 spiro atoms. The third-order valence-corrected chi connectivity index (χ3v) is 4.81. The van der Waals surface area contributed by atoms with Crippen LogP contribution in [0.1, 0.15) is 21.6 Å². The Bertz CT molecular complexity index is 1140. The van der Waals surface area contributed by atoms with Crippen LogP contribution in [0.15, 0.2) is 42.6 Å². The summed E-state index contributed by atoms with van der Waals surface area (Å²) >= 11 is 0. The number of aromatic hydroxyl groups is 1. The molecule has 2 aromatic carbocycles. The van der Waals surface area contributed by atoms with Gasteiger partial charge in [-0.1, -0.05) is 0 Å². The van der Waals surface area contributed by atoms with Crippen LogP contribution in [0.3, 0.4) is 0 Å². The number of anilines is 2. The number of urea groups is 1. The summed E-state index contributed by atoms with van der Waals surface area (Å²) in [5.41, 5.74) is 8.46. The Morgan fingerprint density at radius 1 is 1.21 bits per heavy atom. The first kappa shape index (κ1) is 18.5. The van der Waals surface area contributed by atoms with Crippen LogP contribution < -0.4 is 16.0 Å². The molecule has 1 aliphatic heterocycles. The molecule has 29 heavy (non-hydrogen) atoms. The minimum Gasteiger partial charge on any atom is -0.504 e. The number of carbonyl (C=O) groups is 2. The maximum atomic E-state index is 13.3. The molecule has 0 fully saturated rings. The number of fused-ring (bicyclic) bond motifs is 1. The highest BCUT2D eigenvalue weighted by Crippen LogP contribution is 2.30. The smallest absolute Gasteiger partial charge is 0.319 e. The molecule has 148 valence electrons. The number of aryl methyl sites for hydroxylation is 1. The van der Waals surface area contributed by atoms with Gasteiger partial charge in [0.25, 0.3) is 5.91 Å². The molecular weight excluding hydrogens is 377 g/mol. The van der Waals surface area contributed by atoms with E-state index in [2.05, 4.69) is 10.4 Å². The fourth-order valence-electron chi connectivity index (χ4n) is 3.42. The number of primary amides is 1. The van der Waals surface area contributed by atoms with Crippen molar-refractivity contribution >= 4 is 23.3 Å². The number of nitrogens with two attached hydrogens (primary N) is 1. The number of hydrogen-bond donors (Lipinski definition) is 3. The first-order valence-corrected chi connectivity index (χ1v) is 8.90. The number of benzene rings is 2. The summed E-state index contributed by atoms with van der Waals surface area (Å²) in [6.07, 6.45) is 1.92. The SMILES string of the molecule is Cc1cc(F)ccc1-n1cc(O)c(C(=O)Nc2ccc3c(c2)CCN3C(N)=O)n1. The van der Waals surface area contributed by atoms with E-state index in [4.69, 9.17) is 5.73 Å². The second kappa shape index (κ2) is 6.93. The van der Waals surface area contributed by atoms with Crippen LogP contribution in [-0.2, 0) is 6.42 Å². The minimum atomic E-state index is -0.592. The highest BCUT2D eigenvalue weighted by atomic mass is 19.1. The minimum absolute atomic E-state index is 0.159. The van der Waals surface area contributed by atoms with Gasteiger partial charge in [0.1, 0.15) is 5.82 Å². The molecule has 4 rings (SSSR count). The predicted molar refractivity (Wildman–Crippen MR) is 105 cm³/mol. The van der Waals surface area contributed by atoms with E-state index in [1.165, 1.54) is 34.0 Å². The van der Waals surface area contributed by atoms with Crippen LogP contribution in [0.2, 0.25) is 0 Å². The van der Waals surface area contributed by atoms with E-state index in [0.717, 1.165) is 11.3 Å². The van der Waals surface area contributed by atoms with Gasteiger partial charge in [-0.05, 0) is 60.9 Å². The van der Waals surface area contributed by atoms with Gasteiger partial charge in [-0.2, -0.15) is 5.10 Å². The first-order valence-electron chi connectivity index (χ1n) is 8.90. The Balaban J connectivity index is 1.57. The third kappa shape index (κ3) is 3.38. The molecule has 2 heterocycles. The summed E-state index contributed by atoms with van der Waals surface area (Å²) < 4.78 is 14.6. The second-order valence-corrected chi connectivity index (χ2v) is 6.78. The monoisotopic (exact) mass is 395 g/mol. The van der Waals surface area contributed by atoms with Gasteiger partial charge < -0.3 is 16.2 Å². The number of hydrogen-bond acceptors (Lipinski definition) is 4. The Kier molecular flexibility index (Phi) is 4.42. The van der Waals surface area contributed by atoms with E-state index in [0.29, 0.717) is 29.9 Å². The number of aromatic nitrogens is 2. The fourth-order valence-corrected chi connectivity index (χ4v) is 3.42. The summed E-state index contributed by atoms with van der Waals surface area (Å²) in [6.45, 7) is 2.20. The molecule has 9 heteroatoms. The molecule has 0 bridgehead atoms. The maximum Gasteiger partial charge on any atom is 0.319 e. The van der Waals surface area contributed by atoms with E-state index < -0.39 is 11.9 Å². The molecule has 0 radical (unpaired) electrons. The Morgan fingerprint density at radius 3 is 2.69 bits per heavy atom. The summed E-state index contributed by atoms with van der Waals surface area (Å²) in [4.78, 5) is 25.5. The number of amides is 3. The first-order chi connectivity index (χ1) is 13.8. The molecular formula is C20H18FN5O3. The van der Waals surface area contributed by atoms with Crippen molar-refractivity contribution in [2.24, 2.45) is 5.73 Å². The summed E-state index contributed by atoms with van der Waals surface area (Å²) in [5.74, 6) is -1.27. The van der Waals surface area contributed by atoms with Crippen molar-refractivity contribution in [3.63, 3.8) is 0 Å². The fraction of sp³-hybridized carbons (Fsp3) is 0.150. The third-order valence-electron chi connectivity index (χ3n) is 4.81. The molecule has 0 unspecified atom stereocenters. The largest absolute Gasteiger partial charge is 0.504 e. The summed E-state index contributed by atoms with van der Waals surface area (Å²) in [7, 11) is 0. The Hall–Kier alpha value is -3.88. The van der Waals surface area contributed by atoms with Crippen LogP contribution in [0.25, 0.3) is 5.69 Å². The molecule has 0 saturated carbocycles. The number of halogens is 1. The van der Waals surface area contributed by atoms with E-state index in [9.17, 15) is 19.1 Å². The summed E-state index contributed by atoms with van der Waals surface area (Å²) in [6, 6.07) is 8.73. The van der Waals surface area contributed by atoms with Crippen molar-refractivity contribution in [1.29, 1.82) is 0 Å². The molecule has 0 saturated heterocycles. The molecule has 1 aliphatic rings. The zero-order valence-corrected chi connectivity index (χ0v) is 15.5. The second-order valence-electron chi connectivity index (χ2n) is 6.78. The lowest BCUT2D eigenvalue weighted by Gasteiger charge is -2.14. The lowest BCUT2D eigenvalue weighted by Crippen LogP contribution is -2.33. The van der Waals surface area contributed by atoms with E-state index >= 15 is 0 Å². The average molecular weight is 395 g/mol.